The summed E-state index contributed by atoms with van der Waals surface area (Å²) in [4.78, 5) is 1.07. The number of phenols is 1. The third kappa shape index (κ3) is 2.90. The maximum atomic E-state index is 10.1. The van der Waals surface area contributed by atoms with Crippen molar-refractivity contribution in [2.45, 2.75) is 30.5 Å². The molecular formula is C17H18N2OS. The molecule has 21 heavy (non-hydrogen) atoms. The number of aromatic nitrogens is 2. The van der Waals surface area contributed by atoms with Crippen molar-refractivity contribution in [1.29, 1.82) is 0 Å². The monoisotopic (exact) mass is 298 g/mol. The lowest BCUT2D eigenvalue weighted by atomic mass is 10.1. The Balaban J connectivity index is 1.84. The lowest BCUT2D eigenvalue weighted by molar-refractivity contribution is 0.480. The van der Waals surface area contributed by atoms with Crippen LogP contribution in [0.25, 0.3) is 10.8 Å². The zero-order valence-electron chi connectivity index (χ0n) is 12.2. The minimum absolute atomic E-state index is 0.341. The molecule has 1 heterocycles. The summed E-state index contributed by atoms with van der Waals surface area (Å²) < 4.78 is 2.04. The van der Waals surface area contributed by atoms with Gasteiger partial charge in [-0.2, -0.15) is 5.10 Å². The van der Waals surface area contributed by atoms with E-state index in [2.05, 4.69) is 25.0 Å². The summed E-state index contributed by atoms with van der Waals surface area (Å²) in [7, 11) is 0. The van der Waals surface area contributed by atoms with Crippen LogP contribution in [-0.2, 0) is 5.75 Å². The number of rotatable bonds is 4. The van der Waals surface area contributed by atoms with Gasteiger partial charge in [0, 0.05) is 34.0 Å². The Kier molecular flexibility index (Phi) is 3.88. The number of hydrogen-bond acceptors (Lipinski definition) is 3. The average molecular weight is 298 g/mol. The predicted octanol–water partition coefficient (Wildman–Crippen LogP) is 4.62. The highest BCUT2D eigenvalue weighted by molar-refractivity contribution is 7.98. The average Bonchev–Trinajstić information content (AvgIpc) is 2.94. The number of benzene rings is 2. The van der Waals surface area contributed by atoms with Gasteiger partial charge in [-0.25, -0.2) is 0 Å². The minimum Gasteiger partial charge on any atom is -0.507 e. The van der Waals surface area contributed by atoms with Crippen LogP contribution in [0.4, 0.5) is 0 Å². The van der Waals surface area contributed by atoms with Gasteiger partial charge in [0.2, 0.25) is 0 Å². The summed E-state index contributed by atoms with van der Waals surface area (Å²) in [5.41, 5.74) is 1.20. The number of nitrogens with zero attached hydrogens (tertiary/aromatic N) is 2. The fraction of sp³-hybridized carbons (Fsp3) is 0.235. The third-order valence-electron chi connectivity index (χ3n) is 3.44. The Labute approximate surface area is 128 Å². The summed E-state index contributed by atoms with van der Waals surface area (Å²) in [6.07, 6.45) is 1.84. The molecule has 0 saturated heterocycles. The van der Waals surface area contributed by atoms with Gasteiger partial charge < -0.3 is 5.11 Å². The summed E-state index contributed by atoms with van der Waals surface area (Å²) in [5, 5.41) is 16.4. The number of aromatic hydroxyl groups is 1. The topological polar surface area (TPSA) is 38.0 Å². The molecular weight excluding hydrogens is 280 g/mol. The second-order valence-electron chi connectivity index (χ2n) is 5.31. The highest BCUT2D eigenvalue weighted by Crippen LogP contribution is 2.32. The van der Waals surface area contributed by atoms with Gasteiger partial charge in [0.15, 0.2) is 0 Å². The van der Waals surface area contributed by atoms with Crippen molar-refractivity contribution in [3.63, 3.8) is 0 Å². The SMILES string of the molecule is CC(C)n1nccc1CSc1cc(O)c2ccccc2c1. The van der Waals surface area contributed by atoms with Crippen molar-refractivity contribution < 1.29 is 5.11 Å². The molecule has 108 valence electrons. The molecule has 1 N–H and O–H groups in total. The molecule has 1 aromatic heterocycles. The number of thioether (sulfide) groups is 1. The van der Waals surface area contributed by atoms with Crippen LogP contribution in [0.15, 0.2) is 53.6 Å². The first-order valence-corrected chi connectivity index (χ1v) is 8.00. The van der Waals surface area contributed by atoms with Crippen LogP contribution >= 0.6 is 11.8 Å². The van der Waals surface area contributed by atoms with Gasteiger partial charge in [-0.15, -0.1) is 11.8 Å². The number of hydrogen-bond donors (Lipinski definition) is 1. The van der Waals surface area contributed by atoms with Crippen LogP contribution in [0.5, 0.6) is 5.75 Å². The molecule has 0 unspecified atom stereocenters. The molecule has 0 amide bonds. The van der Waals surface area contributed by atoms with E-state index < -0.39 is 0 Å². The van der Waals surface area contributed by atoms with Crippen LogP contribution in [-0.4, -0.2) is 14.9 Å². The lowest BCUT2D eigenvalue weighted by Gasteiger charge is -2.11. The zero-order valence-corrected chi connectivity index (χ0v) is 13.0. The fourth-order valence-corrected chi connectivity index (χ4v) is 3.37. The molecule has 0 bridgehead atoms. The maximum absolute atomic E-state index is 10.1. The van der Waals surface area contributed by atoms with E-state index in [1.54, 1.807) is 11.8 Å². The Morgan fingerprint density at radius 2 is 2.00 bits per heavy atom. The van der Waals surface area contributed by atoms with E-state index in [1.165, 1.54) is 5.69 Å². The van der Waals surface area contributed by atoms with Gasteiger partial charge in [-0.05, 0) is 37.4 Å². The van der Waals surface area contributed by atoms with Crippen molar-refractivity contribution in [3.05, 3.63) is 54.4 Å². The van der Waals surface area contributed by atoms with Crippen LogP contribution in [0.2, 0.25) is 0 Å². The molecule has 0 fully saturated rings. The van der Waals surface area contributed by atoms with Gasteiger partial charge >= 0.3 is 0 Å². The van der Waals surface area contributed by atoms with Crippen LogP contribution in [0.3, 0.4) is 0 Å². The van der Waals surface area contributed by atoms with Crippen LogP contribution < -0.4 is 0 Å². The molecule has 0 spiro atoms. The first-order chi connectivity index (χ1) is 10.1. The molecule has 4 heteroatoms. The molecule has 3 rings (SSSR count). The highest BCUT2D eigenvalue weighted by atomic mass is 32.2. The minimum atomic E-state index is 0.341. The third-order valence-corrected chi connectivity index (χ3v) is 4.45. The van der Waals surface area contributed by atoms with Crippen molar-refractivity contribution in [2.24, 2.45) is 0 Å². The maximum Gasteiger partial charge on any atom is 0.124 e. The van der Waals surface area contributed by atoms with Crippen molar-refractivity contribution >= 4 is 22.5 Å². The number of fused-ring (bicyclic) bond motifs is 1. The summed E-state index contributed by atoms with van der Waals surface area (Å²) >= 11 is 1.72. The van der Waals surface area contributed by atoms with E-state index in [0.29, 0.717) is 11.8 Å². The van der Waals surface area contributed by atoms with E-state index in [0.717, 1.165) is 21.4 Å². The van der Waals surface area contributed by atoms with Gasteiger partial charge in [-0.3, -0.25) is 4.68 Å². The highest BCUT2D eigenvalue weighted by Gasteiger charge is 2.08. The molecule has 3 aromatic rings. The van der Waals surface area contributed by atoms with E-state index in [-0.39, 0.29) is 0 Å². The Hall–Kier alpha value is -1.94. The smallest absolute Gasteiger partial charge is 0.124 e. The van der Waals surface area contributed by atoms with Gasteiger partial charge in [-0.1, -0.05) is 24.3 Å². The van der Waals surface area contributed by atoms with Gasteiger partial charge in [0.25, 0.3) is 0 Å². The summed E-state index contributed by atoms with van der Waals surface area (Å²) in [6.45, 7) is 4.26. The van der Waals surface area contributed by atoms with Crippen molar-refractivity contribution in [2.75, 3.05) is 0 Å². The zero-order chi connectivity index (χ0) is 14.8. The largest absolute Gasteiger partial charge is 0.507 e. The van der Waals surface area contributed by atoms with Crippen LogP contribution in [0, 0.1) is 0 Å². The van der Waals surface area contributed by atoms with E-state index >= 15 is 0 Å². The van der Waals surface area contributed by atoms with Gasteiger partial charge in [0.05, 0.1) is 0 Å². The lowest BCUT2D eigenvalue weighted by Crippen LogP contribution is -2.06. The van der Waals surface area contributed by atoms with E-state index in [1.807, 2.05) is 47.3 Å². The molecule has 0 atom stereocenters. The molecule has 0 aliphatic rings. The standard InChI is InChI=1S/C17H18N2OS/c1-12(2)19-14(7-8-18-19)11-21-15-9-13-5-3-4-6-16(13)17(20)10-15/h3-10,12,20H,11H2,1-2H3. The first kappa shape index (κ1) is 14.0. The van der Waals surface area contributed by atoms with E-state index in [4.69, 9.17) is 0 Å². The summed E-state index contributed by atoms with van der Waals surface area (Å²) in [5.74, 6) is 1.18. The molecule has 3 nitrogen and oxygen atoms in total. The normalized spacial score (nSPS) is 11.4. The van der Waals surface area contributed by atoms with Crippen molar-refractivity contribution in [1.82, 2.24) is 9.78 Å². The molecule has 0 radical (unpaired) electrons. The Bertz CT molecular complexity index is 764. The second-order valence-corrected chi connectivity index (χ2v) is 6.36. The first-order valence-electron chi connectivity index (χ1n) is 7.02. The molecule has 0 saturated carbocycles. The summed E-state index contributed by atoms with van der Waals surface area (Å²) in [6, 6.07) is 14.3. The van der Waals surface area contributed by atoms with Crippen molar-refractivity contribution in [3.8, 4) is 5.75 Å². The van der Waals surface area contributed by atoms with Gasteiger partial charge in [0.1, 0.15) is 5.75 Å². The number of phenolic OH excluding ortho intramolecular Hbond substituents is 1. The molecule has 2 aromatic carbocycles. The molecule has 0 aliphatic carbocycles. The quantitative estimate of drug-likeness (QED) is 0.714. The second kappa shape index (κ2) is 5.82. The Morgan fingerprint density at radius 3 is 2.81 bits per heavy atom. The predicted molar refractivity (Wildman–Crippen MR) is 87.8 cm³/mol. The molecule has 0 aliphatic heterocycles. The van der Waals surface area contributed by atoms with Crippen LogP contribution in [0.1, 0.15) is 25.6 Å². The van der Waals surface area contributed by atoms with E-state index in [9.17, 15) is 5.11 Å². The Morgan fingerprint density at radius 1 is 1.19 bits per heavy atom. The fourth-order valence-electron chi connectivity index (χ4n) is 2.43.